The van der Waals surface area contributed by atoms with Crippen LogP contribution in [0.3, 0.4) is 0 Å². The summed E-state index contributed by atoms with van der Waals surface area (Å²) < 4.78 is 5.96. The molecular formula is C16H11ClIN3O3. The van der Waals surface area contributed by atoms with E-state index in [1.807, 2.05) is 28.7 Å². The van der Waals surface area contributed by atoms with Crippen molar-refractivity contribution in [1.82, 2.24) is 10.9 Å². The molecule has 0 fully saturated rings. The topological polar surface area (TPSA) is 91.2 Å². The van der Waals surface area contributed by atoms with Crippen LogP contribution in [0.1, 0.15) is 15.9 Å². The Morgan fingerprint density at radius 2 is 1.88 bits per heavy atom. The van der Waals surface area contributed by atoms with E-state index >= 15 is 0 Å². The number of nitriles is 1. The van der Waals surface area contributed by atoms with Crippen molar-refractivity contribution in [3.63, 3.8) is 0 Å². The Kier molecular flexibility index (Phi) is 6.40. The molecule has 122 valence electrons. The van der Waals surface area contributed by atoms with E-state index in [-0.39, 0.29) is 6.61 Å². The van der Waals surface area contributed by atoms with E-state index in [4.69, 9.17) is 21.6 Å². The Morgan fingerprint density at radius 3 is 2.54 bits per heavy atom. The van der Waals surface area contributed by atoms with Gasteiger partial charge in [0.05, 0.1) is 17.2 Å². The quantitative estimate of drug-likeness (QED) is 0.548. The predicted octanol–water partition coefficient (Wildman–Crippen LogP) is 2.66. The highest BCUT2D eigenvalue weighted by Crippen LogP contribution is 2.17. The van der Waals surface area contributed by atoms with Crippen molar-refractivity contribution in [2.75, 3.05) is 6.61 Å². The molecule has 0 saturated carbocycles. The molecule has 0 aliphatic carbocycles. The van der Waals surface area contributed by atoms with E-state index in [2.05, 4.69) is 10.9 Å². The van der Waals surface area contributed by atoms with Gasteiger partial charge in [-0.05, 0) is 65.1 Å². The molecule has 0 radical (unpaired) electrons. The van der Waals surface area contributed by atoms with Gasteiger partial charge in [0.25, 0.3) is 11.8 Å². The van der Waals surface area contributed by atoms with Gasteiger partial charge in [0.15, 0.2) is 6.61 Å². The third-order valence-electron chi connectivity index (χ3n) is 2.84. The number of halogens is 2. The summed E-state index contributed by atoms with van der Waals surface area (Å²) in [5, 5.41) is 9.12. The molecule has 0 saturated heterocycles. The van der Waals surface area contributed by atoms with Crippen LogP contribution in [0.25, 0.3) is 0 Å². The number of benzene rings is 2. The number of amides is 2. The highest BCUT2D eigenvalue weighted by Gasteiger charge is 2.12. The molecule has 24 heavy (non-hydrogen) atoms. The van der Waals surface area contributed by atoms with Gasteiger partial charge in [-0.1, -0.05) is 11.6 Å². The number of nitrogens with one attached hydrogen (secondary N) is 2. The van der Waals surface area contributed by atoms with Gasteiger partial charge in [0, 0.05) is 8.59 Å². The number of ether oxygens (including phenoxy) is 1. The second-order valence-corrected chi connectivity index (χ2v) is 6.15. The van der Waals surface area contributed by atoms with Crippen LogP contribution in [-0.2, 0) is 4.79 Å². The largest absolute Gasteiger partial charge is 0.484 e. The molecule has 0 atom stereocenters. The van der Waals surface area contributed by atoms with Crippen LogP contribution in [0, 0.1) is 14.9 Å². The van der Waals surface area contributed by atoms with Gasteiger partial charge < -0.3 is 4.74 Å². The maximum absolute atomic E-state index is 12.0. The summed E-state index contributed by atoms with van der Waals surface area (Å²) in [5.41, 5.74) is 5.41. The Bertz CT molecular complexity index is 803. The van der Waals surface area contributed by atoms with Gasteiger partial charge in [0.2, 0.25) is 0 Å². The van der Waals surface area contributed by atoms with Crippen molar-refractivity contribution in [2.45, 2.75) is 0 Å². The normalized spacial score (nSPS) is 9.71. The second kappa shape index (κ2) is 8.52. The monoisotopic (exact) mass is 455 g/mol. The van der Waals surface area contributed by atoms with E-state index < -0.39 is 11.8 Å². The second-order valence-electron chi connectivity index (χ2n) is 4.55. The van der Waals surface area contributed by atoms with E-state index in [0.29, 0.717) is 25.5 Å². The van der Waals surface area contributed by atoms with Crippen LogP contribution in [0.4, 0.5) is 0 Å². The lowest BCUT2D eigenvalue weighted by Crippen LogP contribution is -2.44. The number of hydrogen-bond acceptors (Lipinski definition) is 4. The summed E-state index contributed by atoms with van der Waals surface area (Å²) in [7, 11) is 0. The first kappa shape index (κ1) is 18.0. The van der Waals surface area contributed by atoms with Crippen molar-refractivity contribution in [2.24, 2.45) is 0 Å². The first-order valence-corrected chi connectivity index (χ1v) is 8.12. The number of rotatable bonds is 4. The Hall–Kier alpha value is -2.31. The summed E-state index contributed by atoms with van der Waals surface area (Å²) in [5.74, 6) is -0.557. The van der Waals surface area contributed by atoms with E-state index in [0.717, 1.165) is 0 Å². The van der Waals surface area contributed by atoms with Crippen molar-refractivity contribution >= 4 is 46.0 Å². The summed E-state index contributed by atoms with van der Waals surface area (Å²) in [6.45, 7) is -0.279. The lowest BCUT2D eigenvalue weighted by atomic mass is 10.2. The Labute approximate surface area is 156 Å². The zero-order valence-electron chi connectivity index (χ0n) is 12.2. The van der Waals surface area contributed by atoms with E-state index in [9.17, 15) is 9.59 Å². The molecule has 2 aromatic carbocycles. The maximum atomic E-state index is 12.0. The van der Waals surface area contributed by atoms with Crippen LogP contribution < -0.4 is 15.6 Å². The van der Waals surface area contributed by atoms with Gasteiger partial charge in [-0.2, -0.15) is 5.26 Å². The predicted molar refractivity (Wildman–Crippen MR) is 96.4 cm³/mol. The summed E-state index contributed by atoms with van der Waals surface area (Å²) in [6.07, 6.45) is 0. The van der Waals surface area contributed by atoms with Gasteiger partial charge in [0.1, 0.15) is 5.75 Å². The minimum absolute atomic E-state index is 0.279. The fourth-order valence-electron chi connectivity index (χ4n) is 1.68. The highest BCUT2D eigenvalue weighted by molar-refractivity contribution is 14.1. The molecule has 2 N–H and O–H groups in total. The molecule has 6 nitrogen and oxygen atoms in total. The van der Waals surface area contributed by atoms with E-state index in [1.54, 1.807) is 36.4 Å². The molecular weight excluding hydrogens is 445 g/mol. The fourth-order valence-corrected chi connectivity index (χ4v) is 2.43. The zero-order valence-corrected chi connectivity index (χ0v) is 15.1. The number of hydrazine groups is 1. The molecule has 0 unspecified atom stereocenters. The minimum Gasteiger partial charge on any atom is -0.484 e. The number of nitrogens with zero attached hydrogens (tertiary/aromatic N) is 1. The van der Waals surface area contributed by atoms with Crippen molar-refractivity contribution in [3.05, 3.63) is 62.2 Å². The molecule has 2 amide bonds. The number of hydrogen-bond donors (Lipinski definition) is 2. The van der Waals surface area contributed by atoms with Gasteiger partial charge >= 0.3 is 0 Å². The van der Waals surface area contributed by atoms with Crippen LogP contribution >= 0.6 is 34.2 Å². The zero-order chi connectivity index (χ0) is 17.5. The standard InChI is InChI=1S/C16H11ClIN3O3/c17-11-3-6-14(18)13(7-11)16(23)21-20-15(22)9-24-12-4-1-10(8-19)2-5-12/h1-7H,9H2,(H,20,22)(H,21,23). The third-order valence-corrected chi connectivity index (χ3v) is 4.02. The Morgan fingerprint density at radius 1 is 1.17 bits per heavy atom. The summed E-state index contributed by atoms with van der Waals surface area (Å²) in [4.78, 5) is 23.7. The fraction of sp³-hybridized carbons (Fsp3) is 0.0625. The van der Waals surface area contributed by atoms with Crippen LogP contribution in [0.15, 0.2) is 42.5 Å². The van der Waals surface area contributed by atoms with Gasteiger partial charge in [-0.3, -0.25) is 20.4 Å². The average Bonchev–Trinajstić information content (AvgIpc) is 2.60. The smallest absolute Gasteiger partial charge is 0.276 e. The first-order valence-electron chi connectivity index (χ1n) is 6.67. The molecule has 0 bridgehead atoms. The Balaban J connectivity index is 1.83. The maximum Gasteiger partial charge on any atom is 0.276 e. The summed E-state index contributed by atoms with van der Waals surface area (Å²) in [6, 6.07) is 13.2. The lowest BCUT2D eigenvalue weighted by Gasteiger charge is -2.10. The van der Waals surface area contributed by atoms with Crippen LogP contribution in [0.5, 0.6) is 5.75 Å². The molecule has 0 spiro atoms. The van der Waals surface area contributed by atoms with Gasteiger partial charge in [-0.25, -0.2) is 0 Å². The number of carbonyl (C=O) groups is 2. The molecule has 0 aliphatic heterocycles. The van der Waals surface area contributed by atoms with Crippen molar-refractivity contribution in [1.29, 1.82) is 5.26 Å². The number of carbonyl (C=O) groups excluding carboxylic acids is 2. The lowest BCUT2D eigenvalue weighted by molar-refractivity contribution is -0.123. The van der Waals surface area contributed by atoms with Crippen molar-refractivity contribution < 1.29 is 14.3 Å². The molecule has 0 aliphatic rings. The van der Waals surface area contributed by atoms with Gasteiger partial charge in [-0.15, -0.1) is 0 Å². The summed E-state index contributed by atoms with van der Waals surface area (Å²) >= 11 is 7.85. The third kappa shape index (κ3) is 5.11. The first-order chi connectivity index (χ1) is 11.5. The van der Waals surface area contributed by atoms with Crippen LogP contribution in [0.2, 0.25) is 5.02 Å². The molecule has 8 heteroatoms. The minimum atomic E-state index is -0.523. The van der Waals surface area contributed by atoms with Crippen molar-refractivity contribution in [3.8, 4) is 11.8 Å². The highest BCUT2D eigenvalue weighted by atomic mass is 127. The molecule has 2 aromatic rings. The SMILES string of the molecule is N#Cc1ccc(OCC(=O)NNC(=O)c2cc(Cl)ccc2I)cc1. The molecule has 2 rings (SSSR count). The molecule has 0 aromatic heterocycles. The average molecular weight is 456 g/mol. The van der Waals surface area contributed by atoms with Crippen LogP contribution in [-0.4, -0.2) is 18.4 Å². The van der Waals surface area contributed by atoms with E-state index in [1.165, 1.54) is 6.07 Å². The molecule has 0 heterocycles.